The van der Waals surface area contributed by atoms with Gasteiger partial charge in [0.15, 0.2) is 0 Å². The third kappa shape index (κ3) is 2.63. The van der Waals surface area contributed by atoms with Gasteiger partial charge in [-0.05, 0) is 24.3 Å². The number of hydrogen-bond donors (Lipinski definition) is 1. The molecular weight excluding hydrogens is 166 g/mol. The number of carbonyl (C=O) groups is 1. The van der Waals surface area contributed by atoms with E-state index in [-0.39, 0.29) is 0 Å². The van der Waals surface area contributed by atoms with Crippen LogP contribution in [0.4, 0.5) is 5.69 Å². The SMILES string of the molecule is C=CC(=O)Oc1ccc(NC)cc1. The van der Waals surface area contributed by atoms with Gasteiger partial charge in [-0.3, -0.25) is 0 Å². The largest absolute Gasteiger partial charge is 0.423 e. The molecule has 0 saturated carbocycles. The van der Waals surface area contributed by atoms with Crippen LogP contribution in [-0.4, -0.2) is 13.0 Å². The molecule has 0 atom stereocenters. The van der Waals surface area contributed by atoms with Crippen molar-refractivity contribution in [3.8, 4) is 5.75 Å². The molecule has 0 amide bonds. The predicted molar refractivity (Wildman–Crippen MR) is 51.8 cm³/mol. The van der Waals surface area contributed by atoms with E-state index in [4.69, 9.17) is 4.74 Å². The fourth-order valence-corrected chi connectivity index (χ4v) is 0.847. The molecule has 0 unspecified atom stereocenters. The molecule has 1 rings (SSSR count). The number of nitrogens with one attached hydrogen (secondary N) is 1. The van der Waals surface area contributed by atoms with Crippen LogP contribution in [0.3, 0.4) is 0 Å². The smallest absolute Gasteiger partial charge is 0.335 e. The van der Waals surface area contributed by atoms with Crippen LogP contribution in [0.25, 0.3) is 0 Å². The highest BCUT2D eigenvalue weighted by Gasteiger charge is 1.98. The second kappa shape index (κ2) is 4.30. The van der Waals surface area contributed by atoms with Gasteiger partial charge in [-0.25, -0.2) is 4.79 Å². The maximum atomic E-state index is 10.8. The van der Waals surface area contributed by atoms with Crippen LogP contribution in [0, 0.1) is 0 Å². The topological polar surface area (TPSA) is 38.3 Å². The molecule has 1 aromatic rings. The quantitative estimate of drug-likeness (QED) is 0.435. The Labute approximate surface area is 77.0 Å². The van der Waals surface area contributed by atoms with E-state index in [1.54, 1.807) is 12.1 Å². The summed E-state index contributed by atoms with van der Waals surface area (Å²) < 4.78 is 4.88. The summed E-state index contributed by atoms with van der Waals surface area (Å²) in [7, 11) is 1.82. The van der Waals surface area contributed by atoms with Crippen molar-refractivity contribution in [3.05, 3.63) is 36.9 Å². The van der Waals surface area contributed by atoms with Crippen molar-refractivity contribution in [2.45, 2.75) is 0 Å². The maximum absolute atomic E-state index is 10.8. The Morgan fingerprint density at radius 1 is 1.46 bits per heavy atom. The van der Waals surface area contributed by atoms with Crippen molar-refractivity contribution in [1.29, 1.82) is 0 Å². The third-order valence-corrected chi connectivity index (χ3v) is 1.53. The summed E-state index contributed by atoms with van der Waals surface area (Å²) in [5.41, 5.74) is 0.971. The van der Waals surface area contributed by atoms with Gasteiger partial charge in [0.1, 0.15) is 5.75 Å². The standard InChI is InChI=1S/C10H11NO2/c1-3-10(12)13-9-6-4-8(11-2)5-7-9/h3-7,11H,1H2,2H3. The van der Waals surface area contributed by atoms with Crippen molar-refractivity contribution in [2.24, 2.45) is 0 Å². The minimum atomic E-state index is -0.447. The number of esters is 1. The van der Waals surface area contributed by atoms with Crippen molar-refractivity contribution in [2.75, 3.05) is 12.4 Å². The van der Waals surface area contributed by atoms with Gasteiger partial charge in [0, 0.05) is 18.8 Å². The number of benzene rings is 1. The third-order valence-electron chi connectivity index (χ3n) is 1.53. The minimum Gasteiger partial charge on any atom is -0.423 e. The van der Waals surface area contributed by atoms with Crippen molar-refractivity contribution >= 4 is 11.7 Å². The highest BCUT2D eigenvalue weighted by molar-refractivity contribution is 5.83. The molecule has 0 radical (unpaired) electrons. The van der Waals surface area contributed by atoms with Crippen LogP contribution in [0.15, 0.2) is 36.9 Å². The first kappa shape index (κ1) is 9.32. The molecule has 0 aliphatic rings. The molecule has 3 nitrogen and oxygen atoms in total. The van der Waals surface area contributed by atoms with Crippen molar-refractivity contribution < 1.29 is 9.53 Å². The molecule has 0 aliphatic heterocycles. The lowest BCUT2D eigenvalue weighted by Crippen LogP contribution is -2.02. The summed E-state index contributed by atoms with van der Waals surface area (Å²) in [4.78, 5) is 10.8. The van der Waals surface area contributed by atoms with Gasteiger partial charge in [0.05, 0.1) is 0 Å². The van der Waals surface area contributed by atoms with Gasteiger partial charge in [-0.1, -0.05) is 6.58 Å². The molecule has 1 aromatic carbocycles. The average molecular weight is 177 g/mol. The van der Waals surface area contributed by atoms with Gasteiger partial charge in [-0.15, -0.1) is 0 Å². The molecule has 0 spiro atoms. The maximum Gasteiger partial charge on any atom is 0.335 e. The van der Waals surface area contributed by atoms with Crippen LogP contribution < -0.4 is 10.1 Å². The normalized spacial score (nSPS) is 9.00. The molecule has 68 valence electrons. The van der Waals surface area contributed by atoms with E-state index in [0.717, 1.165) is 11.8 Å². The molecule has 1 N–H and O–H groups in total. The van der Waals surface area contributed by atoms with Crippen LogP contribution in [0.2, 0.25) is 0 Å². The summed E-state index contributed by atoms with van der Waals surface area (Å²) in [6.07, 6.45) is 1.13. The zero-order valence-electron chi connectivity index (χ0n) is 7.41. The van der Waals surface area contributed by atoms with Gasteiger partial charge >= 0.3 is 5.97 Å². The fourth-order valence-electron chi connectivity index (χ4n) is 0.847. The summed E-state index contributed by atoms with van der Waals surface area (Å²) >= 11 is 0. The van der Waals surface area contributed by atoms with E-state index in [1.165, 1.54) is 0 Å². The number of hydrogen-bond acceptors (Lipinski definition) is 3. The Morgan fingerprint density at radius 2 is 2.08 bits per heavy atom. The Hall–Kier alpha value is -1.77. The van der Waals surface area contributed by atoms with E-state index < -0.39 is 5.97 Å². The molecule has 13 heavy (non-hydrogen) atoms. The average Bonchev–Trinajstić information content (AvgIpc) is 2.19. The van der Waals surface area contributed by atoms with E-state index in [0.29, 0.717) is 5.75 Å². The van der Waals surface area contributed by atoms with Gasteiger partial charge in [-0.2, -0.15) is 0 Å². The minimum absolute atomic E-state index is 0.447. The van der Waals surface area contributed by atoms with Crippen LogP contribution in [-0.2, 0) is 4.79 Å². The molecule has 0 heterocycles. The Balaban J connectivity index is 2.69. The molecule has 0 aliphatic carbocycles. The second-order valence-electron chi connectivity index (χ2n) is 2.40. The zero-order chi connectivity index (χ0) is 9.68. The molecular formula is C10H11NO2. The first-order valence-electron chi connectivity index (χ1n) is 3.88. The summed E-state index contributed by atoms with van der Waals surface area (Å²) in [5, 5.41) is 2.96. The van der Waals surface area contributed by atoms with Crippen LogP contribution in [0.5, 0.6) is 5.75 Å². The van der Waals surface area contributed by atoms with E-state index in [1.807, 2.05) is 19.2 Å². The second-order valence-corrected chi connectivity index (χ2v) is 2.40. The molecule has 0 aromatic heterocycles. The number of rotatable bonds is 3. The highest BCUT2D eigenvalue weighted by Crippen LogP contribution is 2.14. The van der Waals surface area contributed by atoms with Gasteiger partial charge < -0.3 is 10.1 Å². The first-order valence-corrected chi connectivity index (χ1v) is 3.88. The monoisotopic (exact) mass is 177 g/mol. The lowest BCUT2D eigenvalue weighted by molar-refractivity contribution is -0.128. The van der Waals surface area contributed by atoms with Gasteiger partial charge in [0.25, 0.3) is 0 Å². The molecule has 3 heteroatoms. The van der Waals surface area contributed by atoms with E-state index in [2.05, 4.69) is 11.9 Å². The van der Waals surface area contributed by atoms with Crippen LogP contribution >= 0.6 is 0 Å². The Bertz CT molecular complexity index is 303. The summed E-state index contributed by atoms with van der Waals surface area (Å²) in [6.45, 7) is 3.30. The number of carbonyl (C=O) groups excluding carboxylic acids is 1. The fraction of sp³-hybridized carbons (Fsp3) is 0.100. The summed E-state index contributed by atoms with van der Waals surface area (Å²) in [5.74, 6) is 0.0705. The number of ether oxygens (including phenoxy) is 1. The van der Waals surface area contributed by atoms with E-state index >= 15 is 0 Å². The van der Waals surface area contributed by atoms with Gasteiger partial charge in [0.2, 0.25) is 0 Å². The lowest BCUT2D eigenvalue weighted by atomic mass is 10.3. The number of anilines is 1. The molecule has 0 fully saturated rings. The Kier molecular flexibility index (Phi) is 3.09. The van der Waals surface area contributed by atoms with Crippen LogP contribution in [0.1, 0.15) is 0 Å². The summed E-state index contributed by atoms with van der Waals surface area (Å²) in [6, 6.07) is 7.08. The van der Waals surface area contributed by atoms with E-state index in [9.17, 15) is 4.79 Å². The highest BCUT2D eigenvalue weighted by atomic mass is 16.5. The predicted octanol–water partition coefficient (Wildman–Crippen LogP) is 1.82. The van der Waals surface area contributed by atoms with Crippen molar-refractivity contribution in [3.63, 3.8) is 0 Å². The zero-order valence-corrected chi connectivity index (χ0v) is 7.41. The molecule has 0 bridgehead atoms. The first-order chi connectivity index (χ1) is 6.26. The van der Waals surface area contributed by atoms with Crippen molar-refractivity contribution in [1.82, 2.24) is 0 Å². The molecule has 0 saturated heterocycles. The lowest BCUT2D eigenvalue weighted by Gasteiger charge is -2.02. The Morgan fingerprint density at radius 3 is 2.54 bits per heavy atom.